The lowest BCUT2D eigenvalue weighted by molar-refractivity contribution is -0.164. The largest absolute Gasteiger partial charge is 0.462 e. The first kappa shape index (κ1) is 11.2. The molecule has 17 heavy (non-hydrogen) atoms. The molecule has 6 atom stereocenters. The number of carbonyl (C=O) groups is 2. The minimum absolute atomic E-state index is 0.221. The van der Waals surface area contributed by atoms with E-state index in [0.29, 0.717) is 19.1 Å². The minimum Gasteiger partial charge on any atom is -0.462 e. The number of hydrogen-bond donors (Lipinski definition) is 2. The first-order valence-electron chi connectivity index (χ1n) is 6.01. The predicted octanol–water partition coefficient (Wildman–Crippen LogP) is -0.361. The molecule has 0 aromatic carbocycles. The first-order valence-corrected chi connectivity index (χ1v) is 6.01. The number of ether oxygens (including phenoxy) is 1. The third kappa shape index (κ3) is 1.27. The summed E-state index contributed by atoms with van der Waals surface area (Å²) in [6.07, 6.45) is 1.16. The van der Waals surface area contributed by atoms with Crippen molar-refractivity contribution in [3.05, 3.63) is 0 Å². The van der Waals surface area contributed by atoms with Crippen LogP contribution >= 0.6 is 0 Å². The van der Waals surface area contributed by atoms with E-state index < -0.39 is 17.1 Å². The van der Waals surface area contributed by atoms with Crippen LogP contribution in [-0.2, 0) is 14.3 Å². The summed E-state index contributed by atoms with van der Waals surface area (Å²) in [5.74, 6) is -1.32. The normalized spacial score (nSPS) is 56.5. The van der Waals surface area contributed by atoms with Gasteiger partial charge in [0.2, 0.25) is 0 Å². The molecule has 0 amide bonds. The molecule has 5 heteroatoms. The maximum Gasteiger partial charge on any atom is 0.309 e. The van der Waals surface area contributed by atoms with Crippen LogP contribution < -0.4 is 0 Å². The molecule has 0 spiro atoms. The Bertz CT molecular complexity index is 390. The average Bonchev–Trinajstić information content (AvgIpc) is 2.67. The quantitative estimate of drug-likeness (QED) is 0.483. The number of aldehydes is 1. The molecule has 1 heterocycles. The lowest BCUT2D eigenvalue weighted by Crippen LogP contribution is -2.55. The van der Waals surface area contributed by atoms with Crippen molar-refractivity contribution in [2.24, 2.45) is 17.8 Å². The molecule has 94 valence electrons. The number of carbonyl (C=O) groups excluding carboxylic acids is 2. The summed E-state index contributed by atoms with van der Waals surface area (Å²) in [5.41, 5.74) is -2.67. The van der Waals surface area contributed by atoms with Crippen molar-refractivity contribution in [1.29, 1.82) is 0 Å². The Balaban J connectivity index is 2.06. The van der Waals surface area contributed by atoms with Crippen LogP contribution in [0, 0.1) is 17.8 Å². The van der Waals surface area contributed by atoms with Crippen LogP contribution in [0.4, 0.5) is 0 Å². The lowest BCUT2D eigenvalue weighted by Gasteiger charge is -2.43. The van der Waals surface area contributed by atoms with Crippen LogP contribution in [0.1, 0.15) is 26.2 Å². The van der Waals surface area contributed by atoms with E-state index in [4.69, 9.17) is 4.74 Å². The maximum absolute atomic E-state index is 11.6. The summed E-state index contributed by atoms with van der Waals surface area (Å²) in [6, 6.07) is 0. The van der Waals surface area contributed by atoms with E-state index in [9.17, 15) is 19.8 Å². The van der Waals surface area contributed by atoms with Gasteiger partial charge in [0.1, 0.15) is 11.7 Å². The van der Waals surface area contributed by atoms with Gasteiger partial charge in [0.25, 0.3) is 0 Å². The Kier molecular flexibility index (Phi) is 2.03. The molecule has 1 aliphatic heterocycles. The summed E-state index contributed by atoms with van der Waals surface area (Å²) in [5, 5.41) is 20.7. The Morgan fingerprint density at radius 2 is 2.18 bits per heavy atom. The van der Waals surface area contributed by atoms with Crippen LogP contribution in [-0.4, -0.2) is 39.8 Å². The molecule has 0 aromatic heterocycles. The van der Waals surface area contributed by atoms with Crippen molar-refractivity contribution in [2.45, 2.75) is 43.5 Å². The molecule has 2 aliphatic carbocycles. The molecular formula is C12H16O5. The molecule has 0 unspecified atom stereocenters. The molecule has 0 bridgehead atoms. The fourth-order valence-corrected chi connectivity index (χ4v) is 4.16. The van der Waals surface area contributed by atoms with Gasteiger partial charge in [-0.05, 0) is 19.8 Å². The molecule has 2 N–H and O–H groups in total. The lowest BCUT2D eigenvalue weighted by atomic mass is 9.63. The van der Waals surface area contributed by atoms with Crippen molar-refractivity contribution < 1.29 is 24.5 Å². The first-order chi connectivity index (χ1) is 7.89. The Morgan fingerprint density at radius 1 is 1.47 bits per heavy atom. The molecule has 3 fully saturated rings. The van der Waals surface area contributed by atoms with Gasteiger partial charge in [0.05, 0.1) is 11.5 Å². The third-order valence-corrected chi connectivity index (χ3v) is 4.73. The van der Waals surface area contributed by atoms with Gasteiger partial charge >= 0.3 is 5.97 Å². The summed E-state index contributed by atoms with van der Waals surface area (Å²) in [6.45, 7) is 1.61. The van der Waals surface area contributed by atoms with Crippen molar-refractivity contribution in [1.82, 2.24) is 0 Å². The van der Waals surface area contributed by atoms with Crippen molar-refractivity contribution in [2.75, 3.05) is 0 Å². The van der Waals surface area contributed by atoms with Gasteiger partial charge in [-0.3, -0.25) is 4.79 Å². The standard InChI is InChI=1S/C12H16O5/c1-11(15)4-7-8-6(10(14)17-7)2-3-12(16,5-13)9(8)11/h5-9,15-16H,2-4H2,1H3/t6-,7+,8+,9+,11-,12-/m0/s1. The van der Waals surface area contributed by atoms with Crippen LogP contribution in [0.15, 0.2) is 0 Å². The van der Waals surface area contributed by atoms with Gasteiger partial charge in [-0.2, -0.15) is 0 Å². The Hall–Kier alpha value is -0.940. The van der Waals surface area contributed by atoms with Crippen molar-refractivity contribution in [3.63, 3.8) is 0 Å². The summed E-state index contributed by atoms with van der Waals surface area (Å²) < 4.78 is 5.25. The molecule has 5 nitrogen and oxygen atoms in total. The number of rotatable bonds is 1. The van der Waals surface area contributed by atoms with Crippen LogP contribution in [0.2, 0.25) is 0 Å². The van der Waals surface area contributed by atoms with Gasteiger partial charge in [-0.25, -0.2) is 0 Å². The highest BCUT2D eigenvalue weighted by Gasteiger charge is 2.67. The Morgan fingerprint density at radius 3 is 2.82 bits per heavy atom. The molecule has 3 aliphatic rings. The topological polar surface area (TPSA) is 83.8 Å². The molecule has 0 radical (unpaired) electrons. The highest BCUT2D eigenvalue weighted by atomic mass is 16.6. The van der Waals surface area contributed by atoms with E-state index >= 15 is 0 Å². The average molecular weight is 240 g/mol. The molecule has 2 saturated carbocycles. The van der Waals surface area contributed by atoms with Crippen LogP contribution in [0.5, 0.6) is 0 Å². The highest BCUT2D eigenvalue weighted by molar-refractivity contribution is 5.77. The monoisotopic (exact) mass is 240 g/mol. The molecule has 0 aromatic rings. The van der Waals surface area contributed by atoms with Gasteiger partial charge in [0.15, 0.2) is 6.29 Å². The van der Waals surface area contributed by atoms with Crippen molar-refractivity contribution in [3.8, 4) is 0 Å². The second-order valence-electron chi connectivity index (χ2n) is 5.85. The van der Waals surface area contributed by atoms with Crippen molar-refractivity contribution >= 4 is 12.3 Å². The van der Waals surface area contributed by atoms with Gasteiger partial charge < -0.3 is 19.7 Å². The zero-order valence-corrected chi connectivity index (χ0v) is 9.63. The smallest absolute Gasteiger partial charge is 0.309 e. The highest BCUT2D eigenvalue weighted by Crippen LogP contribution is 2.58. The summed E-state index contributed by atoms with van der Waals surface area (Å²) in [4.78, 5) is 22.8. The molecule has 3 rings (SSSR count). The Labute approximate surface area is 98.8 Å². The number of esters is 1. The van der Waals surface area contributed by atoms with E-state index in [0.717, 1.165) is 0 Å². The van der Waals surface area contributed by atoms with Crippen LogP contribution in [0.25, 0.3) is 0 Å². The number of aliphatic hydroxyl groups is 2. The summed E-state index contributed by atoms with van der Waals surface area (Å²) >= 11 is 0. The minimum atomic E-state index is -1.52. The summed E-state index contributed by atoms with van der Waals surface area (Å²) in [7, 11) is 0. The second-order valence-corrected chi connectivity index (χ2v) is 5.85. The fraction of sp³-hybridized carbons (Fsp3) is 0.833. The second kappa shape index (κ2) is 3.09. The SMILES string of the molecule is C[C@]1(O)C[C@H]2OC(=O)[C@H]3CC[C@](O)(C=O)[C@@H]1[C@H]32. The van der Waals surface area contributed by atoms with E-state index in [1.807, 2.05) is 0 Å². The predicted molar refractivity (Wildman–Crippen MR) is 55.8 cm³/mol. The van der Waals surface area contributed by atoms with Gasteiger partial charge in [-0.1, -0.05) is 0 Å². The zero-order valence-electron chi connectivity index (χ0n) is 9.63. The fourth-order valence-electron chi connectivity index (χ4n) is 4.16. The van der Waals surface area contributed by atoms with Gasteiger partial charge in [-0.15, -0.1) is 0 Å². The van der Waals surface area contributed by atoms with E-state index in [1.54, 1.807) is 6.92 Å². The maximum atomic E-state index is 11.6. The van der Waals surface area contributed by atoms with Gasteiger partial charge in [0, 0.05) is 18.3 Å². The number of hydrogen-bond acceptors (Lipinski definition) is 5. The van der Waals surface area contributed by atoms with Crippen LogP contribution in [0.3, 0.4) is 0 Å². The molecule has 1 saturated heterocycles. The zero-order chi connectivity index (χ0) is 12.4. The van der Waals surface area contributed by atoms with E-state index in [1.165, 1.54) is 0 Å². The van der Waals surface area contributed by atoms with E-state index in [-0.39, 0.29) is 30.3 Å². The van der Waals surface area contributed by atoms with E-state index in [2.05, 4.69) is 0 Å². The third-order valence-electron chi connectivity index (χ3n) is 4.73. The molecular weight excluding hydrogens is 224 g/mol.